The molecule has 0 spiro atoms. The Balaban J connectivity index is 1.69. The molecule has 176 valence electrons. The van der Waals surface area contributed by atoms with Gasteiger partial charge in [0.25, 0.3) is 21.8 Å². The van der Waals surface area contributed by atoms with Gasteiger partial charge < -0.3 is 4.74 Å². The SMILES string of the molecule is O=C1c2c(Cl)ccc(NS(=O)(=O)c3ccc(OC(F)(F)F)cc3)c2C(=O)N1c1ccc[n+](O)c1. The zero-order valence-corrected chi connectivity index (χ0v) is 18.1. The van der Waals surface area contributed by atoms with E-state index in [9.17, 15) is 36.4 Å². The fourth-order valence-electron chi connectivity index (χ4n) is 3.25. The molecule has 14 heteroatoms. The molecule has 0 aliphatic carbocycles. The van der Waals surface area contributed by atoms with Gasteiger partial charge in [0.05, 0.1) is 26.7 Å². The number of hydrogen-bond donors (Lipinski definition) is 2. The monoisotopic (exact) mass is 514 g/mol. The topological polar surface area (TPSA) is 117 Å². The van der Waals surface area contributed by atoms with Crippen molar-refractivity contribution in [2.24, 2.45) is 0 Å². The summed E-state index contributed by atoms with van der Waals surface area (Å²) in [6, 6.07) is 8.50. The first-order valence-corrected chi connectivity index (χ1v) is 11.0. The number of fused-ring (bicyclic) bond motifs is 1. The van der Waals surface area contributed by atoms with Crippen LogP contribution in [-0.2, 0) is 10.0 Å². The van der Waals surface area contributed by atoms with E-state index in [0.29, 0.717) is 9.63 Å². The Labute approximate surface area is 194 Å². The van der Waals surface area contributed by atoms with E-state index in [0.717, 1.165) is 30.5 Å². The van der Waals surface area contributed by atoms with E-state index in [1.165, 1.54) is 30.5 Å². The second kappa shape index (κ2) is 8.18. The number of benzene rings is 2. The molecule has 2 amide bonds. The van der Waals surface area contributed by atoms with Crippen LogP contribution in [0.2, 0.25) is 5.02 Å². The van der Waals surface area contributed by atoms with Crippen LogP contribution in [0.25, 0.3) is 0 Å². The second-order valence-corrected chi connectivity index (χ2v) is 8.95. The summed E-state index contributed by atoms with van der Waals surface area (Å²) in [4.78, 5) is 26.3. The third-order valence-electron chi connectivity index (χ3n) is 4.63. The normalized spacial score (nSPS) is 13.7. The fraction of sp³-hybridized carbons (Fsp3) is 0.0500. The van der Waals surface area contributed by atoms with E-state index in [1.807, 2.05) is 0 Å². The quantitative estimate of drug-likeness (QED) is 0.306. The van der Waals surface area contributed by atoms with Gasteiger partial charge in [0.1, 0.15) is 11.4 Å². The van der Waals surface area contributed by atoms with Crippen molar-refractivity contribution in [3.63, 3.8) is 0 Å². The van der Waals surface area contributed by atoms with Crippen molar-refractivity contribution in [2.75, 3.05) is 9.62 Å². The minimum atomic E-state index is -4.95. The number of rotatable bonds is 5. The maximum atomic E-state index is 13.1. The largest absolute Gasteiger partial charge is 0.573 e. The third-order valence-corrected chi connectivity index (χ3v) is 6.33. The molecule has 1 aliphatic rings. The van der Waals surface area contributed by atoms with Gasteiger partial charge in [0, 0.05) is 10.8 Å². The molecule has 4 rings (SSSR count). The maximum Gasteiger partial charge on any atom is 0.573 e. The predicted octanol–water partition coefficient (Wildman–Crippen LogP) is 3.36. The van der Waals surface area contributed by atoms with Crippen LogP contribution in [0.5, 0.6) is 5.75 Å². The van der Waals surface area contributed by atoms with Crippen LogP contribution >= 0.6 is 11.6 Å². The highest BCUT2D eigenvalue weighted by Crippen LogP contribution is 2.37. The molecule has 2 heterocycles. The van der Waals surface area contributed by atoms with Crippen molar-refractivity contribution in [1.29, 1.82) is 0 Å². The van der Waals surface area contributed by atoms with Crippen LogP contribution < -0.4 is 19.1 Å². The number of hydrogen-bond acceptors (Lipinski definition) is 6. The second-order valence-electron chi connectivity index (χ2n) is 6.86. The van der Waals surface area contributed by atoms with Crippen LogP contribution in [0.4, 0.5) is 24.5 Å². The average Bonchev–Trinajstić information content (AvgIpc) is 3.00. The van der Waals surface area contributed by atoms with Crippen LogP contribution in [0, 0.1) is 0 Å². The van der Waals surface area contributed by atoms with Gasteiger partial charge in [-0.1, -0.05) is 11.6 Å². The van der Waals surface area contributed by atoms with E-state index in [2.05, 4.69) is 9.46 Å². The lowest BCUT2D eigenvalue weighted by molar-refractivity contribution is -0.904. The standard InChI is InChI=1S/C20H11ClF3N3O6S/c21-14-7-8-15(25-34(31,32)13-5-3-12(4-6-13)33-20(22,23)24)17-16(14)18(28)27(19(17)29)11-2-1-9-26(30)10-11/h1-10H,(H-,25,29,30)/p+1. The van der Waals surface area contributed by atoms with Crippen LogP contribution in [-0.4, -0.2) is 31.8 Å². The first-order chi connectivity index (χ1) is 15.9. The van der Waals surface area contributed by atoms with Gasteiger partial charge in [-0.15, -0.1) is 13.2 Å². The van der Waals surface area contributed by atoms with Gasteiger partial charge >= 0.3 is 6.36 Å². The van der Waals surface area contributed by atoms with Gasteiger partial charge in [0.2, 0.25) is 12.4 Å². The van der Waals surface area contributed by atoms with Crippen molar-refractivity contribution < 1.29 is 45.9 Å². The predicted molar refractivity (Wildman–Crippen MR) is 110 cm³/mol. The van der Waals surface area contributed by atoms with Gasteiger partial charge in [-0.25, -0.2) is 13.3 Å². The Morgan fingerprint density at radius 3 is 2.26 bits per heavy atom. The van der Waals surface area contributed by atoms with Crippen LogP contribution in [0.1, 0.15) is 20.7 Å². The number of imide groups is 1. The van der Waals surface area contributed by atoms with Crippen molar-refractivity contribution in [1.82, 2.24) is 0 Å². The Bertz CT molecular complexity index is 1430. The number of anilines is 2. The van der Waals surface area contributed by atoms with E-state index in [4.69, 9.17) is 11.6 Å². The smallest absolute Gasteiger partial charge is 0.406 e. The first kappa shape index (κ1) is 23.3. The average molecular weight is 515 g/mol. The third kappa shape index (κ3) is 4.34. The number of carbonyl (C=O) groups is 2. The number of ether oxygens (including phenoxy) is 1. The number of aromatic nitrogens is 1. The Morgan fingerprint density at radius 2 is 1.65 bits per heavy atom. The number of carbonyl (C=O) groups excluding carboxylic acids is 2. The van der Waals surface area contributed by atoms with Crippen LogP contribution in [0.3, 0.4) is 0 Å². The number of amides is 2. The number of alkyl halides is 3. The summed E-state index contributed by atoms with van der Waals surface area (Å²) < 4.78 is 69.1. The minimum absolute atomic E-state index is 0.00123. The first-order valence-electron chi connectivity index (χ1n) is 9.18. The number of nitrogens with zero attached hydrogens (tertiary/aromatic N) is 2. The molecule has 0 unspecified atom stereocenters. The Kier molecular flexibility index (Phi) is 5.61. The highest BCUT2D eigenvalue weighted by molar-refractivity contribution is 7.92. The molecule has 3 aromatic rings. The molecule has 2 N–H and O–H groups in total. The van der Waals surface area contributed by atoms with E-state index in [-0.39, 0.29) is 27.5 Å². The molecule has 9 nitrogen and oxygen atoms in total. The number of sulfonamides is 1. The summed E-state index contributed by atoms with van der Waals surface area (Å²) in [5.41, 5.74) is -0.856. The van der Waals surface area contributed by atoms with E-state index >= 15 is 0 Å². The lowest BCUT2D eigenvalue weighted by Gasteiger charge is -2.13. The molecule has 1 aliphatic heterocycles. The van der Waals surface area contributed by atoms with Crippen molar-refractivity contribution in [2.45, 2.75) is 11.3 Å². The van der Waals surface area contributed by atoms with Gasteiger partial charge in [0.15, 0.2) is 0 Å². The molecule has 34 heavy (non-hydrogen) atoms. The maximum absolute atomic E-state index is 13.1. The van der Waals surface area contributed by atoms with Gasteiger partial charge in [-0.2, -0.15) is 0 Å². The molecule has 0 saturated heterocycles. The lowest BCUT2D eigenvalue weighted by Crippen LogP contribution is -2.34. The van der Waals surface area contributed by atoms with Crippen LogP contribution in [0.15, 0.2) is 65.8 Å². The van der Waals surface area contributed by atoms with Crippen molar-refractivity contribution >= 4 is 44.8 Å². The van der Waals surface area contributed by atoms with E-state index < -0.39 is 38.8 Å². The highest BCUT2D eigenvalue weighted by atomic mass is 35.5. The highest BCUT2D eigenvalue weighted by Gasteiger charge is 2.42. The summed E-state index contributed by atoms with van der Waals surface area (Å²) in [6.07, 6.45) is -2.61. The molecule has 1 aromatic heterocycles. The minimum Gasteiger partial charge on any atom is -0.406 e. The number of nitrogens with one attached hydrogen (secondary N) is 1. The molecule has 0 saturated carbocycles. The molecular weight excluding hydrogens is 503 g/mol. The number of halogens is 4. The lowest BCUT2D eigenvalue weighted by atomic mass is 10.1. The molecule has 0 bridgehead atoms. The molecular formula is C20H12ClF3N3O6S+. The van der Waals surface area contributed by atoms with E-state index in [1.54, 1.807) is 0 Å². The summed E-state index contributed by atoms with van der Waals surface area (Å²) >= 11 is 6.11. The van der Waals surface area contributed by atoms with Gasteiger partial charge in [-0.05, 0) is 42.5 Å². The molecule has 0 radical (unpaired) electrons. The zero-order chi connectivity index (χ0) is 24.8. The Morgan fingerprint density at radius 1 is 1.00 bits per heavy atom. The van der Waals surface area contributed by atoms with Crippen molar-refractivity contribution in [3.8, 4) is 5.75 Å². The molecule has 0 atom stereocenters. The summed E-state index contributed by atoms with van der Waals surface area (Å²) in [6.45, 7) is 0. The molecule has 2 aromatic carbocycles. The summed E-state index contributed by atoms with van der Waals surface area (Å²) in [5.74, 6) is -2.37. The fourth-order valence-corrected chi connectivity index (χ4v) is 4.56. The number of pyridine rings is 1. The zero-order valence-electron chi connectivity index (χ0n) is 16.6. The molecule has 0 fully saturated rings. The van der Waals surface area contributed by atoms with Gasteiger partial charge in [-0.3, -0.25) is 19.5 Å². The van der Waals surface area contributed by atoms with Crippen molar-refractivity contribution in [3.05, 3.63) is 77.1 Å². The Hall–Kier alpha value is -3.84. The summed E-state index contributed by atoms with van der Waals surface area (Å²) in [7, 11) is -4.39. The summed E-state index contributed by atoms with van der Waals surface area (Å²) in [5, 5.41) is 9.50.